The van der Waals surface area contributed by atoms with E-state index in [4.69, 9.17) is 4.74 Å². The summed E-state index contributed by atoms with van der Waals surface area (Å²) in [7, 11) is 0. The lowest BCUT2D eigenvalue weighted by Crippen LogP contribution is -2.41. The average molecular weight is 447 g/mol. The molecule has 5 nitrogen and oxygen atoms in total. The molecule has 28 heavy (non-hydrogen) atoms. The van der Waals surface area contributed by atoms with Crippen LogP contribution in [0.5, 0.6) is 5.75 Å². The lowest BCUT2D eigenvalue weighted by molar-refractivity contribution is 0.0846. The number of unbranched alkanes of at least 4 members (excludes halogenated alkanes) is 1. The highest BCUT2D eigenvalue weighted by atomic mass is 79.9. The minimum Gasteiger partial charge on any atom is -0.492 e. The van der Waals surface area contributed by atoms with Gasteiger partial charge in [0.25, 0.3) is 11.8 Å². The summed E-state index contributed by atoms with van der Waals surface area (Å²) in [6.07, 6.45) is 2.02. The molecule has 0 bridgehead atoms. The molecule has 2 aromatic rings. The largest absolute Gasteiger partial charge is 0.492 e. The standard InChI is InChI=1S/C22H27BrN2O3/c1-5-6-13-28-19-12-9-16(14-18(19)23)21(27)25-24-20(26)15-7-10-17(11-8-15)22(2,3)4/h7-12,14H,5-6,13H2,1-4H3,(H,24,26)(H,25,27). The first-order valence-electron chi connectivity index (χ1n) is 9.36. The van der Waals surface area contributed by atoms with Crippen LogP contribution in [0.3, 0.4) is 0 Å². The zero-order chi connectivity index (χ0) is 20.7. The van der Waals surface area contributed by atoms with Crippen LogP contribution >= 0.6 is 15.9 Å². The molecule has 2 rings (SSSR count). The Morgan fingerprint density at radius 2 is 1.54 bits per heavy atom. The lowest BCUT2D eigenvalue weighted by Gasteiger charge is -2.19. The molecule has 0 radical (unpaired) electrons. The second-order valence-electron chi connectivity index (χ2n) is 7.58. The maximum atomic E-state index is 12.3. The van der Waals surface area contributed by atoms with Gasteiger partial charge in [-0.3, -0.25) is 20.4 Å². The zero-order valence-corrected chi connectivity index (χ0v) is 18.4. The number of rotatable bonds is 6. The first kappa shape index (κ1) is 22.0. The van der Waals surface area contributed by atoms with E-state index < -0.39 is 5.91 Å². The van der Waals surface area contributed by atoms with Crippen molar-refractivity contribution >= 4 is 27.7 Å². The van der Waals surface area contributed by atoms with Crippen LogP contribution in [0.15, 0.2) is 46.9 Å². The third-order valence-electron chi connectivity index (χ3n) is 4.25. The summed E-state index contributed by atoms with van der Waals surface area (Å²) in [4.78, 5) is 24.6. The van der Waals surface area contributed by atoms with Crippen molar-refractivity contribution in [1.29, 1.82) is 0 Å². The first-order valence-corrected chi connectivity index (χ1v) is 10.1. The monoisotopic (exact) mass is 446 g/mol. The topological polar surface area (TPSA) is 67.4 Å². The molecule has 0 aromatic heterocycles. The van der Waals surface area contributed by atoms with Gasteiger partial charge in [0.15, 0.2) is 0 Å². The molecule has 6 heteroatoms. The molecule has 2 N–H and O–H groups in total. The van der Waals surface area contributed by atoms with E-state index in [2.05, 4.69) is 54.5 Å². The molecule has 0 aliphatic heterocycles. The second-order valence-corrected chi connectivity index (χ2v) is 8.44. The van der Waals surface area contributed by atoms with Crippen LogP contribution in [0, 0.1) is 0 Å². The fourth-order valence-corrected chi connectivity index (χ4v) is 2.96. The van der Waals surface area contributed by atoms with Gasteiger partial charge in [-0.05, 0) is 63.7 Å². The summed E-state index contributed by atoms with van der Waals surface area (Å²) in [5, 5.41) is 0. The van der Waals surface area contributed by atoms with Gasteiger partial charge in [0.1, 0.15) is 5.75 Å². The van der Waals surface area contributed by atoms with Crippen molar-refractivity contribution in [3.63, 3.8) is 0 Å². The highest BCUT2D eigenvalue weighted by molar-refractivity contribution is 9.10. The molecule has 0 heterocycles. The molecule has 2 aromatic carbocycles. The van der Waals surface area contributed by atoms with Crippen molar-refractivity contribution in [3.8, 4) is 5.75 Å². The van der Waals surface area contributed by atoms with Gasteiger partial charge in [0.05, 0.1) is 11.1 Å². The first-order chi connectivity index (χ1) is 13.2. The fraction of sp³-hybridized carbons (Fsp3) is 0.364. The van der Waals surface area contributed by atoms with Crippen molar-refractivity contribution in [3.05, 3.63) is 63.6 Å². The van der Waals surface area contributed by atoms with Crippen molar-refractivity contribution in [1.82, 2.24) is 10.9 Å². The summed E-state index contributed by atoms with van der Waals surface area (Å²) in [6, 6.07) is 12.4. The molecule has 0 atom stereocenters. The maximum Gasteiger partial charge on any atom is 0.269 e. The number of carbonyl (C=O) groups excluding carboxylic acids is 2. The van der Waals surface area contributed by atoms with Crippen LogP contribution in [-0.2, 0) is 5.41 Å². The van der Waals surface area contributed by atoms with E-state index in [9.17, 15) is 9.59 Å². The average Bonchev–Trinajstić information content (AvgIpc) is 2.66. The molecule has 0 fully saturated rings. The number of carbonyl (C=O) groups is 2. The van der Waals surface area contributed by atoms with Crippen molar-refractivity contribution in [2.24, 2.45) is 0 Å². The molecule has 2 amide bonds. The predicted molar refractivity (Wildman–Crippen MR) is 115 cm³/mol. The summed E-state index contributed by atoms with van der Waals surface area (Å²) >= 11 is 3.41. The normalized spacial score (nSPS) is 11.0. The van der Waals surface area contributed by atoms with E-state index in [-0.39, 0.29) is 11.3 Å². The molecular formula is C22H27BrN2O3. The Hall–Kier alpha value is -2.34. The maximum absolute atomic E-state index is 12.3. The Morgan fingerprint density at radius 3 is 2.07 bits per heavy atom. The Balaban J connectivity index is 1.94. The van der Waals surface area contributed by atoms with Gasteiger partial charge in [-0.2, -0.15) is 0 Å². The quantitative estimate of drug-likeness (QED) is 0.484. The smallest absolute Gasteiger partial charge is 0.269 e. The number of nitrogens with one attached hydrogen (secondary N) is 2. The van der Waals surface area contributed by atoms with Crippen molar-refractivity contribution in [2.75, 3.05) is 6.61 Å². The number of hydrogen-bond donors (Lipinski definition) is 2. The highest BCUT2D eigenvalue weighted by Crippen LogP contribution is 2.26. The van der Waals surface area contributed by atoms with Gasteiger partial charge in [0.2, 0.25) is 0 Å². The highest BCUT2D eigenvalue weighted by Gasteiger charge is 2.15. The van der Waals surface area contributed by atoms with E-state index in [1.807, 2.05) is 12.1 Å². The molecule has 0 spiro atoms. The fourth-order valence-electron chi connectivity index (χ4n) is 2.47. The predicted octanol–water partition coefficient (Wildman–Crippen LogP) is 5.00. The van der Waals surface area contributed by atoms with E-state index in [0.29, 0.717) is 28.0 Å². The van der Waals surface area contributed by atoms with Crippen LogP contribution in [0.4, 0.5) is 0 Å². The second kappa shape index (κ2) is 9.73. The van der Waals surface area contributed by atoms with Gasteiger partial charge >= 0.3 is 0 Å². The Morgan fingerprint density at radius 1 is 0.964 bits per heavy atom. The molecule has 0 aliphatic carbocycles. The Labute approximate surface area is 175 Å². The van der Waals surface area contributed by atoms with Crippen molar-refractivity contribution in [2.45, 2.75) is 46.0 Å². The minimum atomic E-state index is -0.402. The Bertz CT molecular complexity index is 827. The van der Waals surface area contributed by atoms with Gasteiger partial charge in [0, 0.05) is 11.1 Å². The third-order valence-corrected chi connectivity index (χ3v) is 4.87. The minimum absolute atomic E-state index is 0.0169. The van der Waals surface area contributed by atoms with Crippen LogP contribution in [-0.4, -0.2) is 18.4 Å². The van der Waals surface area contributed by atoms with E-state index in [1.54, 1.807) is 30.3 Å². The number of halogens is 1. The van der Waals surface area contributed by atoms with Gasteiger partial charge in [-0.15, -0.1) is 0 Å². The molecule has 0 saturated carbocycles. The van der Waals surface area contributed by atoms with Crippen LogP contribution in [0.1, 0.15) is 66.8 Å². The van der Waals surface area contributed by atoms with Crippen LogP contribution in [0.2, 0.25) is 0 Å². The van der Waals surface area contributed by atoms with E-state index in [1.165, 1.54) is 0 Å². The summed E-state index contributed by atoms with van der Waals surface area (Å²) in [5.41, 5.74) is 6.94. The number of hydrazine groups is 1. The zero-order valence-electron chi connectivity index (χ0n) is 16.8. The van der Waals surface area contributed by atoms with Crippen LogP contribution < -0.4 is 15.6 Å². The van der Waals surface area contributed by atoms with E-state index in [0.717, 1.165) is 18.4 Å². The summed E-state index contributed by atoms with van der Waals surface area (Å²) < 4.78 is 6.35. The van der Waals surface area contributed by atoms with Gasteiger partial charge in [-0.25, -0.2) is 0 Å². The van der Waals surface area contributed by atoms with Gasteiger partial charge < -0.3 is 4.74 Å². The number of ether oxygens (including phenoxy) is 1. The lowest BCUT2D eigenvalue weighted by atomic mass is 9.87. The molecule has 0 aliphatic rings. The van der Waals surface area contributed by atoms with Crippen molar-refractivity contribution < 1.29 is 14.3 Å². The number of hydrogen-bond acceptors (Lipinski definition) is 3. The molecule has 150 valence electrons. The SMILES string of the molecule is CCCCOc1ccc(C(=O)NNC(=O)c2ccc(C(C)(C)C)cc2)cc1Br. The summed E-state index contributed by atoms with van der Waals surface area (Å²) in [5.74, 6) is -0.0826. The number of benzene rings is 2. The molecule has 0 unspecified atom stereocenters. The molecular weight excluding hydrogens is 420 g/mol. The molecule has 0 saturated heterocycles. The third kappa shape index (κ3) is 6.09. The number of amides is 2. The van der Waals surface area contributed by atoms with Gasteiger partial charge in [-0.1, -0.05) is 46.2 Å². The van der Waals surface area contributed by atoms with E-state index >= 15 is 0 Å². The summed E-state index contributed by atoms with van der Waals surface area (Å²) in [6.45, 7) is 9.06. The Kier molecular flexibility index (Phi) is 7.63. The van der Waals surface area contributed by atoms with Crippen LogP contribution in [0.25, 0.3) is 0 Å².